The number of fused-ring (bicyclic) bond motifs is 4. The summed E-state index contributed by atoms with van der Waals surface area (Å²) in [6.07, 6.45) is 0. The maximum atomic E-state index is 6.33. The number of ether oxygens (including phenoxy) is 2. The van der Waals surface area contributed by atoms with Crippen LogP contribution in [-0.2, 0) is 4.74 Å². The molecule has 0 amide bonds. The number of benzene rings is 1. The molecule has 4 nitrogen and oxygen atoms in total. The van der Waals surface area contributed by atoms with Gasteiger partial charge < -0.3 is 19.7 Å². The molecule has 0 radical (unpaired) electrons. The molecule has 2 heterocycles. The van der Waals surface area contributed by atoms with E-state index in [0.717, 1.165) is 17.4 Å². The molecule has 1 saturated heterocycles. The molecule has 0 saturated carbocycles. The standard InChI is InChI=1S/C15H20N2O2S/c1-10-13-11-6-4-5-7-12(11)19-15(10,2)17(8-9-18-3)14(20)16-13/h4-7,10,13H,8-9H2,1-3H3,(H,16,20). The van der Waals surface area contributed by atoms with E-state index in [1.54, 1.807) is 7.11 Å². The maximum Gasteiger partial charge on any atom is 0.186 e. The van der Waals surface area contributed by atoms with E-state index in [0.29, 0.717) is 12.5 Å². The van der Waals surface area contributed by atoms with E-state index in [2.05, 4.69) is 30.1 Å². The third-order valence-electron chi connectivity index (χ3n) is 4.49. The van der Waals surface area contributed by atoms with Crippen LogP contribution >= 0.6 is 12.2 Å². The Morgan fingerprint density at radius 3 is 2.95 bits per heavy atom. The molecule has 3 atom stereocenters. The number of hydrogen-bond donors (Lipinski definition) is 1. The second kappa shape index (κ2) is 4.90. The SMILES string of the molecule is COCCN1C(=S)NC2c3ccccc3OC1(C)C2C. The van der Waals surface area contributed by atoms with Crippen LogP contribution in [0.4, 0.5) is 0 Å². The van der Waals surface area contributed by atoms with Gasteiger partial charge in [-0.05, 0) is 25.2 Å². The van der Waals surface area contributed by atoms with Crippen molar-refractivity contribution in [3.05, 3.63) is 29.8 Å². The van der Waals surface area contributed by atoms with Crippen LogP contribution in [-0.4, -0.2) is 36.0 Å². The number of methoxy groups -OCH3 is 1. The Bertz CT molecular complexity index is 536. The minimum absolute atomic E-state index is 0.205. The van der Waals surface area contributed by atoms with Crippen molar-refractivity contribution in [3.63, 3.8) is 0 Å². The molecule has 5 heteroatoms. The second-order valence-corrected chi connectivity index (χ2v) is 5.94. The van der Waals surface area contributed by atoms with E-state index in [-0.39, 0.29) is 6.04 Å². The van der Waals surface area contributed by atoms with Crippen LogP contribution in [0.3, 0.4) is 0 Å². The number of nitrogens with one attached hydrogen (secondary N) is 1. The maximum absolute atomic E-state index is 6.33. The lowest BCUT2D eigenvalue weighted by Gasteiger charge is -2.56. The van der Waals surface area contributed by atoms with Crippen molar-refractivity contribution in [2.75, 3.05) is 20.3 Å². The van der Waals surface area contributed by atoms with E-state index in [9.17, 15) is 0 Å². The largest absolute Gasteiger partial charge is 0.467 e. The van der Waals surface area contributed by atoms with Crippen molar-refractivity contribution in [3.8, 4) is 5.75 Å². The Morgan fingerprint density at radius 2 is 2.20 bits per heavy atom. The van der Waals surface area contributed by atoms with Crippen molar-refractivity contribution in [1.82, 2.24) is 10.2 Å². The average molecular weight is 292 g/mol. The molecule has 3 unspecified atom stereocenters. The summed E-state index contributed by atoms with van der Waals surface area (Å²) in [5.74, 6) is 1.23. The van der Waals surface area contributed by atoms with Crippen molar-refractivity contribution < 1.29 is 9.47 Å². The van der Waals surface area contributed by atoms with Gasteiger partial charge in [0.1, 0.15) is 5.75 Å². The summed E-state index contributed by atoms with van der Waals surface area (Å²) in [7, 11) is 1.70. The first-order chi connectivity index (χ1) is 9.58. The highest BCUT2D eigenvalue weighted by Crippen LogP contribution is 2.47. The first-order valence-electron chi connectivity index (χ1n) is 6.93. The summed E-state index contributed by atoms with van der Waals surface area (Å²) in [4.78, 5) is 2.10. The molecule has 1 aromatic carbocycles. The Labute approximate surface area is 125 Å². The van der Waals surface area contributed by atoms with E-state index in [4.69, 9.17) is 21.7 Å². The van der Waals surface area contributed by atoms with Gasteiger partial charge in [0.25, 0.3) is 0 Å². The molecular formula is C15H20N2O2S. The highest BCUT2D eigenvalue weighted by atomic mass is 32.1. The van der Waals surface area contributed by atoms with E-state index < -0.39 is 5.72 Å². The minimum Gasteiger partial charge on any atom is -0.467 e. The molecule has 1 N–H and O–H groups in total. The number of para-hydroxylation sites is 1. The summed E-state index contributed by atoms with van der Waals surface area (Å²) in [6.45, 7) is 5.66. The number of rotatable bonds is 3. The van der Waals surface area contributed by atoms with Crippen molar-refractivity contribution in [2.24, 2.45) is 5.92 Å². The van der Waals surface area contributed by atoms with Gasteiger partial charge in [0.05, 0.1) is 12.6 Å². The lowest BCUT2D eigenvalue weighted by atomic mass is 9.81. The Kier molecular flexibility index (Phi) is 3.34. The normalized spacial score (nSPS) is 31.4. The quantitative estimate of drug-likeness (QED) is 0.865. The van der Waals surface area contributed by atoms with Crippen molar-refractivity contribution >= 4 is 17.3 Å². The number of nitrogens with zero attached hydrogens (tertiary/aromatic N) is 1. The summed E-state index contributed by atoms with van der Waals surface area (Å²) < 4.78 is 11.5. The van der Waals surface area contributed by atoms with E-state index >= 15 is 0 Å². The predicted molar refractivity (Wildman–Crippen MR) is 81.7 cm³/mol. The number of thiocarbonyl (C=S) groups is 1. The third kappa shape index (κ3) is 1.88. The van der Waals surface area contributed by atoms with Crippen LogP contribution in [0, 0.1) is 5.92 Å². The van der Waals surface area contributed by atoms with Gasteiger partial charge in [-0.3, -0.25) is 0 Å². The zero-order chi connectivity index (χ0) is 14.3. The third-order valence-corrected chi connectivity index (χ3v) is 4.83. The molecule has 2 aliphatic rings. The lowest BCUT2D eigenvalue weighted by Crippen LogP contribution is -2.69. The highest BCUT2D eigenvalue weighted by Gasteiger charge is 2.52. The highest BCUT2D eigenvalue weighted by molar-refractivity contribution is 7.80. The Morgan fingerprint density at radius 1 is 1.45 bits per heavy atom. The van der Waals surface area contributed by atoms with Gasteiger partial charge in [-0.15, -0.1) is 0 Å². The van der Waals surface area contributed by atoms with Crippen LogP contribution in [0.5, 0.6) is 5.75 Å². The monoisotopic (exact) mass is 292 g/mol. The molecule has 0 aromatic heterocycles. The Hall–Kier alpha value is -1.33. The number of hydrogen-bond acceptors (Lipinski definition) is 3. The average Bonchev–Trinajstić information content (AvgIpc) is 2.42. The van der Waals surface area contributed by atoms with Gasteiger partial charge in [0.2, 0.25) is 0 Å². The van der Waals surface area contributed by atoms with Gasteiger partial charge in [0.15, 0.2) is 10.8 Å². The molecule has 0 aliphatic carbocycles. The first-order valence-corrected chi connectivity index (χ1v) is 7.34. The molecule has 108 valence electrons. The van der Waals surface area contributed by atoms with Gasteiger partial charge in [0, 0.05) is 25.1 Å². The molecule has 20 heavy (non-hydrogen) atoms. The first kappa shape index (κ1) is 13.6. The Balaban J connectivity index is 2.01. The zero-order valence-corrected chi connectivity index (χ0v) is 12.9. The molecule has 2 aliphatic heterocycles. The summed E-state index contributed by atoms with van der Waals surface area (Å²) >= 11 is 5.53. The molecular weight excluding hydrogens is 272 g/mol. The topological polar surface area (TPSA) is 33.7 Å². The predicted octanol–water partition coefficient (Wildman–Crippen LogP) is 2.31. The van der Waals surface area contributed by atoms with Crippen LogP contribution in [0.25, 0.3) is 0 Å². The van der Waals surface area contributed by atoms with Crippen LogP contribution in [0.15, 0.2) is 24.3 Å². The van der Waals surface area contributed by atoms with E-state index in [1.165, 1.54) is 5.56 Å². The van der Waals surface area contributed by atoms with Gasteiger partial charge in [-0.2, -0.15) is 0 Å². The fraction of sp³-hybridized carbons (Fsp3) is 0.533. The molecule has 1 aromatic rings. The molecule has 2 bridgehead atoms. The van der Waals surface area contributed by atoms with Crippen LogP contribution in [0.2, 0.25) is 0 Å². The summed E-state index contributed by atoms with van der Waals surface area (Å²) in [6, 6.07) is 8.38. The summed E-state index contributed by atoms with van der Waals surface area (Å²) in [5, 5.41) is 4.20. The fourth-order valence-electron chi connectivity index (χ4n) is 3.15. The smallest absolute Gasteiger partial charge is 0.186 e. The van der Waals surface area contributed by atoms with Crippen molar-refractivity contribution in [1.29, 1.82) is 0 Å². The lowest BCUT2D eigenvalue weighted by molar-refractivity contribution is -0.114. The molecule has 0 spiro atoms. The fourth-order valence-corrected chi connectivity index (χ4v) is 3.55. The van der Waals surface area contributed by atoms with Gasteiger partial charge in [-0.1, -0.05) is 25.1 Å². The van der Waals surface area contributed by atoms with Crippen LogP contribution < -0.4 is 10.1 Å². The van der Waals surface area contributed by atoms with Crippen molar-refractivity contribution in [2.45, 2.75) is 25.6 Å². The van der Waals surface area contributed by atoms with Crippen LogP contribution in [0.1, 0.15) is 25.5 Å². The second-order valence-electron chi connectivity index (χ2n) is 5.55. The summed E-state index contributed by atoms with van der Waals surface area (Å²) in [5.41, 5.74) is 0.756. The van der Waals surface area contributed by atoms with Gasteiger partial charge in [-0.25, -0.2) is 0 Å². The minimum atomic E-state index is -0.431. The van der Waals surface area contributed by atoms with E-state index in [1.807, 2.05) is 18.2 Å². The molecule has 1 fully saturated rings. The van der Waals surface area contributed by atoms with Gasteiger partial charge >= 0.3 is 0 Å². The molecule has 3 rings (SSSR count). The zero-order valence-electron chi connectivity index (χ0n) is 12.1.